The van der Waals surface area contributed by atoms with E-state index in [4.69, 9.17) is 0 Å². The lowest BCUT2D eigenvalue weighted by molar-refractivity contribution is -0.123. The van der Waals surface area contributed by atoms with Gasteiger partial charge in [-0.2, -0.15) is 0 Å². The first-order valence-corrected chi connectivity index (χ1v) is 10.1. The molecule has 2 aromatic rings. The van der Waals surface area contributed by atoms with Crippen LogP contribution in [0.4, 0.5) is 5.69 Å². The average Bonchev–Trinajstić information content (AvgIpc) is 2.64. The Hall–Kier alpha value is -2.66. The highest BCUT2D eigenvalue weighted by Crippen LogP contribution is 2.21. The molecule has 2 rings (SSSR count). The summed E-state index contributed by atoms with van der Waals surface area (Å²) in [6.45, 7) is 8.55. The minimum Gasteiger partial charge on any atom is -0.348 e. The van der Waals surface area contributed by atoms with E-state index in [2.05, 4.69) is 24.5 Å². The fourth-order valence-electron chi connectivity index (χ4n) is 3.41. The summed E-state index contributed by atoms with van der Waals surface area (Å²) in [4.78, 5) is 26.7. The van der Waals surface area contributed by atoms with E-state index in [0.717, 1.165) is 28.8 Å². The van der Waals surface area contributed by atoms with Gasteiger partial charge in [-0.05, 0) is 49.9 Å². The molecule has 0 fully saturated rings. The summed E-state index contributed by atoms with van der Waals surface area (Å²) < 4.78 is 0. The molecule has 0 spiro atoms. The standard InChI is InChI=1S/C24H33N3O2/c1-17(2)14-21(20-12-7-6-8-13-20)25-22(28)15-27(5)16-23(29)26-24-18(3)10-9-11-19(24)4/h6-13,17,21H,14-16H2,1-5H3,(H,25,28)(H,26,29)/t21-/m1/s1. The van der Waals surface area contributed by atoms with Crippen LogP contribution in [0.3, 0.4) is 0 Å². The van der Waals surface area contributed by atoms with Crippen molar-refractivity contribution in [1.29, 1.82) is 0 Å². The highest BCUT2D eigenvalue weighted by atomic mass is 16.2. The van der Waals surface area contributed by atoms with Crippen LogP contribution in [0.1, 0.15) is 43.0 Å². The average molecular weight is 396 g/mol. The number of nitrogens with one attached hydrogen (secondary N) is 2. The van der Waals surface area contributed by atoms with Crippen LogP contribution in [-0.2, 0) is 9.59 Å². The third-order valence-electron chi connectivity index (χ3n) is 4.82. The maximum absolute atomic E-state index is 12.6. The van der Waals surface area contributed by atoms with Gasteiger partial charge in [0.15, 0.2) is 0 Å². The molecule has 0 unspecified atom stereocenters. The monoisotopic (exact) mass is 395 g/mol. The summed E-state index contributed by atoms with van der Waals surface area (Å²) in [6, 6.07) is 15.9. The molecule has 2 N–H and O–H groups in total. The van der Waals surface area contributed by atoms with Gasteiger partial charge < -0.3 is 10.6 Å². The van der Waals surface area contributed by atoms with Crippen LogP contribution in [0.25, 0.3) is 0 Å². The quantitative estimate of drug-likeness (QED) is 0.673. The van der Waals surface area contributed by atoms with E-state index in [9.17, 15) is 9.59 Å². The summed E-state index contributed by atoms with van der Waals surface area (Å²) in [5, 5.41) is 6.09. The van der Waals surface area contributed by atoms with E-state index < -0.39 is 0 Å². The number of carbonyl (C=O) groups excluding carboxylic acids is 2. The first kappa shape index (κ1) is 22.6. The van der Waals surface area contributed by atoms with Crippen molar-refractivity contribution in [2.75, 3.05) is 25.5 Å². The molecular formula is C24H33N3O2. The Morgan fingerprint density at radius 3 is 2.07 bits per heavy atom. The number of likely N-dealkylation sites (N-methyl/N-ethyl adjacent to an activating group) is 1. The van der Waals surface area contributed by atoms with Crippen LogP contribution in [0.5, 0.6) is 0 Å². The Kier molecular flexibility index (Phi) is 8.40. The Balaban J connectivity index is 1.91. The van der Waals surface area contributed by atoms with Crippen LogP contribution < -0.4 is 10.6 Å². The summed E-state index contributed by atoms with van der Waals surface area (Å²) >= 11 is 0. The zero-order valence-electron chi connectivity index (χ0n) is 18.2. The Labute approximate surface area is 174 Å². The van der Waals surface area contributed by atoms with Crippen molar-refractivity contribution in [1.82, 2.24) is 10.2 Å². The Morgan fingerprint density at radius 2 is 1.48 bits per heavy atom. The minimum absolute atomic E-state index is 0.0273. The van der Waals surface area contributed by atoms with Gasteiger partial charge in [-0.1, -0.05) is 62.4 Å². The van der Waals surface area contributed by atoms with Gasteiger partial charge in [0.2, 0.25) is 11.8 Å². The van der Waals surface area contributed by atoms with Crippen LogP contribution >= 0.6 is 0 Å². The zero-order chi connectivity index (χ0) is 21.4. The molecule has 1 atom stereocenters. The molecule has 0 aliphatic rings. The van der Waals surface area contributed by atoms with Crippen molar-refractivity contribution >= 4 is 17.5 Å². The predicted octanol–water partition coefficient (Wildman–Crippen LogP) is 4.08. The molecule has 0 heterocycles. The molecule has 0 radical (unpaired) electrons. The maximum Gasteiger partial charge on any atom is 0.238 e. The van der Waals surface area contributed by atoms with Gasteiger partial charge in [-0.15, -0.1) is 0 Å². The van der Waals surface area contributed by atoms with Crippen molar-refractivity contribution in [2.45, 2.75) is 40.2 Å². The number of hydrogen-bond donors (Lipinski definition) is 2. The molecule has 156 valence electrons. The van der Waals surface area contributed by atoms with E-state index in [1.165, 1.54) is 0 Å². The number of rotatable bonds is 9. The second-order valence-electron chi connectivity index (χ2n) is 8.15. The lowest BCUT2D eigenvalue weighted by Gasteiger charge is -2.23. The van der Waals surface area contributed by atoms with Gasteiger partial charge in [-0.3, -0.25) is 14.5 Å². The number of para-hydroxylation sites is 1. The lowest BCUT2D eigenvalue weighted by Crippen LogP contribution is -2.40. The number of amides is 2. The molecule has 2 amide bonds. The molecule has 2 aromatic carbocycles. The van der Waals surface area contributed by atoms with Crippen LogP contribution in [-0.4, -0.2) is 36.9 Å². The fraction of sp³-hybridized carbons (Fsp3) is 0.417. The number of nitrogens with zero attached hydrogens (tertiary/aromatic N) is 1. The predicted molar refractivity (Wildman–Crippen MR) is 119 cm³/mol. The Bertz CT molecular complexity index is 798. The highest BCUT2D eigenvalue weighted by molar-refractivity contribution is 5.94. The number of benzene rings is 2. The van der Waals surface area contributed by atoms with Gasteiger partial charge in [0, 0.05) is 5.69 Å². The normalized spacial score (nSPS) is 12.1. The van der Waals surface area contributed by atoms with Gasteiger partial charge >= 0.3 is 0 Å². The van der Waals surface area contributed by atoms with Crippen molar-refractivity contribution in [3.63, 3.8) is 0 Å². The molecular weight excluding hydrogens is 362 g/mol. The molecule has 0 aliphatic heterocycles. The third-order valence-corrected chi connectivity index (χ3v) is 4.82. The van der Waals surface area contributed by atoms with Crippen molar-refractivity contribution in [3.05, 3.63) is 65.2 Å². The minimum atomic E-state index is -0.125. The number of carbonyl (C=O) groups is 2. The fourth-order valence-corrected chi connectivity index (χ4v) is 3.41. The highest BCUT2D eigenvalue weighted by Gasteiger charge is 2.18. The smallest absolute Gasteiger partial charge is 0.238 e. The summed E-state index contributed by atoms with van der Waals surface area (Å²) in [5.74, 6) is 0.253. The first-order valence-electron chi connectivity index (χ1n) is 10.1. The van der Waals surface area contributed by atoms with Crippen LogP contribution in [0.2, 0.25) is 0 Å². The van der Waals surface area contributed by atoms with Gasteiger partial charge in [0.05, 0.1) is 19.1 Å². The molecule has 29 heavy (non-hydrogen) atoms. The van der Waals surface area contributed by atoms with Crippen molar-refractivity contribution < 1.29 is 9.59 Å². The topological polar surface area (TPSA) is 61.4 Å². The number of anilines is 1. The molecule has 0 aromatic heterocycles. The largest absolute Gasteiger partial charge is 0.348 e. The first-order chi connectivity index (χ1) is 13.8. The van der Waals surface area contributed by atoms with Crippen LogP contribution in [0, 0.1) is 19.8 Å². The van der Waals surface area contributed by atoms with E-state index >= 15 is 0 Å². The molecule has 0 saturated heterocycles. The van der Waals surface area contributed by atoms with Crippen LogP contribution in [0.15, 0.2) is 48.5 Å². The van der Waals surface area contributed by atoms with E-state index in [-0.39, 0.29) is 30.9 Å². The second-order valence-corrected chi connectivity index (χ2v) is 8.15. The molecule has 5 heteroatoms. The maximum atomic E-state index is 12.6. The Morgan fingerprint density at radius 1 is 0.897 bits per heavy atom. The second kappa shape index (κ2) is 10.8. The molecule has 0 saturated carbocycles. The zero-order valence-corrected chi connectivity index (χ0v) is 18.2. The van der Waals surface area contributed by atoms with Gasteiger partial charge in [0.1, 0.15) is 0 Å². The lowest BCUT2D eigenvalue weighted by atomic mass is 9.97. The third kappa shape index (κ3) is 7.35. The van der Waals surface area contributed by atoms with E-state index in [1.807, 2.05) is 62.4 Å². The van der Waals surface area contributed by atoms with E-state index in [0.29, 0.717) is 5.92 Å². The number of hydrogen-bond acceptors (Lipinski definition) is 3. The molecule has 0 bridgehead atoms. The van der Waals surface area contributed by atoms with Crippen molar-refractivity contribution in [2.24, 2.45) is 5.92 Å². The van der Waals surface area contributed by atoms with Gasteiger partial charge in [-0.25, -0.2) is 0 Å². The van der Waals surface area contributed by atoms with Gasteiger partial charge in [0.25, 0.3) is 0 Å². The van der Waals surface area contributed by atoms with E-state index in [1.54, 1.807) is 11.9 Å². The number of aryl methyl sites for hydroxylation is 2. The van der Waals surface area contributed by atoms with Crippen molar-refractivity contribution in [3.8, 4) is 0 Å². The SMILES string of the molecule is Cc1cccc(C)c1NC(=O)CN(C)CC(=O)N[C@H](CC(C)C)c1ccccc1. The molecule has 5 nitrogen and oxygen atoms in total. The molecule has 0 aliphatic carbocycles. The summed E-state index contributed by atoms with van der Waals surface area (Å²) in [7, 11) is 1.78. The summed E-state index contributed by atoms with van der Waals surface area (Å²) in [5.41, 5.74) is 4.00. The summed E-state index contributed by atoms with van der Waals surface area (Å²) in [6.07, 6.45) is 0.868.